The normalized spacial score (nSPS) is 15.9. The summed E-state index contributed by atoms with van der Waals surface area (Å²) in [7, 11) is -1.94. The molecule has 0 radical (unpaired) electrons. The summed E-state index contributed by atoms with van der Waals surface area (Å²) in [4.78, 5) is 19.6. The zero-order chi connectivity index (χ0) is 17.6. The molecule has 0 bridgehead atoms. The first-order chi connectivity index (χ1) is 12.0. The SMILES string of the molecule is CNC(=O)c1nccc2c1[nH]c1ccc(S(=O)(=O)N3CCCC3)cc12. The summed E-state index contributed by atoms with van der Waals surface area (Å²) < 4.78 is 27.1. The monoisotopic (exact) mass is 358 g/mol. The van der Waals surface area contributed by atoms with Gasteiger partial charge in [-0.1, -0.05) is 0 Å². The van der Waals surface area contributed by atoms with Gasteiger partial charge in [0.15, 0.2) is 5.69 Å². The second-order valence-corrected chi connectivity index (χ2v) is 8.04. The molecule has 7 nitrogen and oxygen atoms in total. The van der Waals surface area contributed by atoms with E-state index in [4.69, 9.17) is 0 Å². The maximum absolute atomic E-state index is 12.8. The molecule has 1 amide bonds. The highest BCUT2D eigenvalue weighted by Gasteiger charge is 2.27. The van der Waals surface area contributed by atoms with Gasteiger partial charge >= 0.3 is 0 Å². The quantitative estimate of drug-likeness (QED) is 0.747. The molecule has 3 heterocycles. The molecule has 2 aromatic heterocycles. The molecule has 0 atom stereocenters. The third-order valence-electron chi connectivity index (χ3n) is 4.64. The van der Waals surface area contributed by atoms with Crippen LogP contribution in [-0.4, -0.2) is 48.7 Å². The zero-order valence-corrected chi connectivity index (χ0v) is 14.6. The number of nitrogens with zero attached hydrogens (tertiary/aromatic N) is 2. The summed E-state index contributed by atoms with van der Waals surface area (Å²) in [6.07, 6.45) is 3.35. The molecule has 25 heavy (non-hydrogen) atoms. The van der Waals surface area contributed by atoms with E-state index in [1.807, 2.05) is 0 Å². The number of carbonyl (C=O) groups is 1. The Morgan fingerprint density at radius 1 is 1.20 bits per heavy atom. The number of amides is 1. The summed E-state index contributed by atoms with van der Waals surface area (Å²) in [6, 6.07) is 6.81. The van der Waals surface area contributed by atoms with Gasteiger partial charge in [0.2, 0.25) is 10.0 Å². The number of hydrogen-bond acceptors (Lipinski definition) is 4. The molecule has 0 aliphatic carbocycles. The maximum Gasteiger partial charge on any atom is 0.271 e. The number of sulfonamides is 1. The molecule has 3 aromatic rings. The van der Waals surface area contributed by atoms with E-state index in [2.05, 4.69) is 15.3 Å². The summed E-state index contributed by atoms with van der Waals surface area (Å²) >= 11 is 0. The molecular weight excluding hydrogens is 340 g/mol. The second kappa shape index (κ2) is 5.82. The zero-order valence-electron chi connectivity index (χ0n) is 13.7. The van der Waals surface area contributed by atoms with Gasteiger partial charge < -0.3 is 10.3 Å². The minimum atomic E-state index is -3.48. The topological polar surface area (TPSA) is 95.2 Å². The lowest BCUT2D eigenvalue weighted by molar-refractivity contribution is 0.0960. The highest BCUT2D eigenvalue weighted by Crippen LogP contribution is 2.30. The van der Waals surface area contributed by atoms with Crippen molar-refractivity contribution < 1.29 is 13.2 Å². The van der Waals surface area contributed by atoms with Crippen molar-refractivity contribution in [2.45, 2.75) is 17.7 Å². The van der Waals surface area contributed by atoms with Crippen LogP contribution in [0.3, 0.4) is 0 Å². The Hall–Kier alpha value is -2.45. The van der Waals surface area contributed by atoms with Crippen LogP contribution in [0.4, 0.5) is 0 Å². The summed E-state index contributed by atoms with van der Waals surface area (Å²) in [5, 5.41) is 4.11. The van der Waals surface area contributed by atoms with Crippen LogP contribution < -0.4 is 5.32 Å². The van der Waals surface area contributed by atoms with Gasteiger partial charge in [0, 0.05) is 42.6 Å². The molecule has 8 heteroatoms. The Kier molecular flexibility index (Phi) is 3.73. The number of rotatable bonds is 3. The molecular formula is C17H18N4O3S. The Morgan fingerprint density at radius 3 is 2.68 bits per heavy atom. The predicted octanol–water partition coefficient (Wildman–Crippen LogP) is 1.86. The average Bonchev–Trinajstić information content (AvgIpc) is 3.28. The molecule has 4 rings (SSSR count). The number of aromatic nitrogens is 2. The van der Waals surface area contributed by atoms with E-state index in [1.54, 1.807) is 37.5 Å². The fraction of sp³-hybridized carbons (Fsp3) is 0.294. The first-order valence-electron chi connectivity index (χ1n) is 8.15. The first kappa shape index (κ1) is 16.0. The van der Waals surface area contributed by atoms with Crippen molar-refractivity contribution in [1.82, 2.24) is 19.6 Å². The van der Waals surface area contributed by atoms with E-state index in [-0.39, 0.29) is 10.8 Å². The van der Waals surface area contributed by atoms with Gasteiger partial charge in [-0.2, -0.15) is 4.31 Å². The minimum absolute atomic E-state index is 0.279. The van der Waals surface area contributed by atoms with Crippen LogP contribution in [0.5, 0.6) is 0 Å². The van der Waals surface area contributed by atoms with Gasteiger partial charge in [-0.25, -0.2) is 13.4 Å². The number of pyridine rings is 1. The first-order valence-corrected chi connectivity index (χ1v) is 9.59. The van der Waals surface area contributed by atoms with Gasteiger partial charge in [-0.15, -0.1) is 0 Å². The van der Waals surface area contributed by atoms with Gasteiger partial charge in [-0.05, 0) is 37.1 Å². The van der Waals surface area contributed by atoms with Crippen LogP contribution in [0, 0.1) is 0 Å². The number of fused-ring (bicyclic) bond motifs is 3. The van der Waals surface area contributed by atoms with Crippen molar-refractivity contribution in [2.75, 3.05) is 20.1 Å². The third-order valence-corrected chi connectivity index (χ3v) is 6.53. The molecule has 1 aliphatic heterocycles. The number of nitrogens with one attached hydrogen (secondary N) is 2. The Bertz CT molecular complexity index is 1080. The highest BCUT2D eigenvalue weighted by atomic mass is 32.2. The fourth-order valence-electron chi connectivity index (χ4n) is 3.33. The molecule has 1 fully saturated rings. The smallest absolute Gasteiger partial charge is 0.271 e. The second-order valence-electron chi connectivity index (χ2n) is 6.10. The predicted molar refractivity (Wildman–Crippen MR) is 95.0 cm³/mol. The summed E-state index contributed by atoms with van der Waals surface area (Å²) in [5.74, 6) is -0.290. The lowest BCUT2D eigenvalue weighted by Gasteiger charge is -2.15. The van der Waals surface area contributed by atoms with E-state index < -0.39 is 10.0 Å². The lowest BCUT2D eigenvalue weighted by Crippen LogP contribution is -2.27. The van der Waals surface area contributed by atoms with Crippen molar-refractivity contribution in [2.24, 2.45) is 0 Å². The fourth-order valence-corrected chi connectivity index (χ4v) is 4.88. The van der Waals surface area contributed by atoms with Crippen LogP contribution in [0.25, 0.3) is 21.8 Å². The van der Waals surface area contributed by atoms with Crippen LogP contribution in [0.15, 0.2) is 35.4 Å². The van der Waals surface area contributed by atoms with Crippen LogP contribution in [0.1, 0.15) is 23.3 Å². The Balaban J connectivity index is 1.91. The number of aromatic amines is 1. The molecule has 1 saturated heterocycles. The van der Waals surface area contributed by atoms with Crippen molar-refractivity contribution in [1.29, 1.82) is 0 Å². The lowest BCUT2D eigenvalue weighted by atomic mass is 10.1. The molecule has 0 spiro atoms. The van der Waals surface area contributed by atoms with E-state index in [0.29, 0.717) is 24.3 Å². The number of carbonyl (C=O) groups excluding carboxylic acids is 1. The maximum atomic E-state index is 12.8. The largest absolute Gasteiger partial charge is 0.354 e. The molecule has 0 saturated carbocycles. The standard InChI is InChI=1S/C17H18N4O3S/c1-18-17(22)16-15-12(6-7-19-16)13-10-11(4-5-14(13)20-15)25(23,24)21-8-2-3-9-21/h4-7,10,20H,2-3,8-9H2,1H3,(H,18,22). The third kappa shape index (κ3) is 2.49. The van der Waals surface area contributed by atoms with E-state index >= 15 is 0 Å². The van der Waals surface area contributed by atoms with Crippen molar-refractivity contribution in [3.8, 4) is 0 Å². The highest BCUT2D eigenvalue weighted by molar-refractivity contribution is 7.89. The van der Waals surface area contributed by atoms with Crippen LogP contribution in [0.2, 0.25) is 0 Å². The van der Waals surface area contributed by atoms with Gasteiger partial charge in [0.05, 0.1) is 10.4 Å². The Labute approximate surface area is 145 Å². The minimum Gasteiger partial charge on any atom is -0.354 e. The van der Waals surface area contributed by atoms with E-state index in [1.165, 1.54) is 4.31 Å². The average molecular weight is 358 g/mol. The molecule has 2 N–H and O–H groups in total. The van der Waals surface area contributed by atoms with E-state index in [0.717, 1.165) is 29.1 Å². The molecule has 1 aromatic carbocycles. The summed E-state index contributed by atoms with van der Waals surface area (Å²) in [6.45, 7) is 1.14. The van der Waals surface area contributed by atoms with Crippen molar-refractivity contribution >= 4 is 37.7 Å². The van der Waals surface area contributed by atoms with E-state index in [9.17, 15) is 13.2 Å². The van der Waals surface area contributed by atoms with Crippen LogP contribution >= 0.6 is 0 Å². The summed E-state index contributed by atoms with van der Waals surface area (Å²) in [5.41, 5.74) is 1.67. The number of H-pyrrole nitrogens is 1. The van der Waals surface area contributed by atoms with Crippen LogP contribution in [-0.2, 0) is 10.0 Å². The number of hydrogen-bond donors (Lipinski definition) is 2. The van der Waals surface area contributed by atoms with Gasteiger partial charge in [0.25, 0.3) is 5.91 Å². The Morgan fingerprint density at radius 2 is 1.96 bits per heavy atom. The molecule has 0 unspecified atom stereocenters. The van der Waals surface area contributed by atoms with Gasteiger partial charge in [0.1, 0.15) is 0 Å². The number of benzene rings is 1. The molecule has 130 valence electrons. The van der Waals surface area contributed by atoms with Crippen molar-refractivity contribution in [3.63, 3.8) is 0 Å². The van der Waals surface area contributed by atoms with Crippen molar-refractivity contribution in [3.05, 3.63) is 36.2 Å². The molecule has 1 aliphatic rings. The van der Waals surface area contributed by atoms with Gasteiger partial charge in [-0.3, -0.25) is 4.79 Å².